The number of hydrogen-bond donors (Lipinski definition) is 1. The van der Waals surface area contributed by atoms with E-state index < -0.39 is 11.7 Å². The molecule has 1 amide bonds. The highest BCUT2D eigenvalue weighted by Crippen LogP contribution is 2.18. The second kappa shape index (κ2) is 6.99. The molecule has 0 aliphatic carbocycles. The summed E-state index contributed by atoms with van der Waals surface area (Å²) in [5, 5.41) is 3.50. The van der Waals surface area contributed by atoms with Crippen molar-refractivity contribution in [1.82, 2.24) is 5.32 Å². The predicted octanol–water partition coefficient (Wildman–Crippen LogP) is 4.41. The van der Waals surface area contributed by atoms with Crippen molar-refractivity contribution in [3.8, 4) is 0 Å². The van der Waals surface area contributed by atoms with Crippen molar-refractivity contribution in [2.75, 3.05) is 0 Å². The van der Waals surface area contributed by atoms with Gasteiger partial charge in [0.15, 0.2) is 0 Å². The van der Waals surface area contributed by atoms with Crippen molar-refractivity contribution in [3.05, 3.63) is 69.4 Å². The topological polar surface area (TPSA) is 29.1 Å². The van der Waals surface area contributed by atoms with E-state index in [9.17, 15) is 9.18 Å². The van der Waals surface area contributed by atoms with E-state index in [-0.39, 0.29) is 10.0 Å². The number of carbonyl (C=O) groups excluding carboxylic acids is 1. The Morgan fingerprint density at radius 1 is 1.10 bits per heavy atom. The molecule has 0 aliphatic rings. The molecule has 1 N–H and O–H groups in total. The predicted molar refractivity (Wildman–Crippen MR) is 84.3 cm³/mol. The minimum atomic E-state index is -0.542. The fourth-order valence-electron chi connectivity index (χ4n) is 1.70. The molecule has 0 bridgehead atoms. The fraction of sp³-hybridized carbons (Fsp3) is 0.133. The summed E-state index contributed by atoms with van der Waals surface area (Å²) in [4.78, 5) is 11.9. The summed E-state index contributed by atoms with van der Waals surface area (Å²) < 4.78 is 14.0. The second-order valence-electron chi connectivity index (χ2n) is 4.23. The highest BCUT2D eigenvalue weighted by molar-refractivity contribution is 9.10. The smallest absolute Gasteiger partial charge is 0.254 e. The Kier molecular flexibility index (Phi) is 5.31. The van der Waals surface area contributed by atoms with Crippen LogP contribution >= 0.6 is 31.9 Å². The molecule has 0 spiro atoms. The molecule has 0 atom stereocenters. The van der Waals surface area contributed by atoms with E-state index >= 15 is 0 Å². The molecule has 0 unspecified atom stereocenters. The highest BCUT2D eigenvalue weighted by atomic mass is 79.9. The lowest BCUT2D eigenvalue weighted by molar-refractivity contribution is 0.0946. The van der Waals surface area contributed by atoms with Gasteiger partial charge in [-0.1, -0.05) is 46.3 Å². The molecule has 104 valence electrons. The number of nitrogens with one attached hydrogen (secondary N) is 1. The van der Waals surface area contributed by atoms with Gasteiger partial charge in [-0.05, 0) is 39.2 Å². The van der Waals surface area contributed by atoms with Gasteiger partial charge in [-0.2, -0.15) is 0 Å². The van der Waals surface area contributed by atoms with E-state index in [4.69, 9.17) is 0 Å². The van der Waals surface area contributed by atoms with Gasteiger partial charge in [-0.25, -0.2) is 4.39 Å². The first-order valence-corrected chi connectivity index (χ1v) is 7.89. The van der Waals surface area contributed by atoms with Crippen LogP contribution in [-0.2, 0) is 11.9 Å². The molecule has 0 fully saturated rings. The van der Waals surface area contributed by atoms with Crippen molar-refractivity contribution < 1.29 is 9.18 Å². The summed E-state index contributed by atoms with van der Waals surface area (Å²) in [7, 11) is 0. The third-order valence-corrected chi connectivity index (χ3v) is 4.09. The molecule has 2 nitrogen and oxygen atoms in total. The molecule has 0 saturated heterocycles. The monoisotopic (exact) mass is 399 g/mol. The minimum Gasteiger partial charge on any atom is -0.348 e. The summed E-state index contributed by atoms with van der Waals surface area (Å²) in [6.07, 6.45) is 0. The minimum absolute atomic E-state index is 0.0384. The molecule has 0 aliphatic heterocycles. The summed E-state index contributed by atoms with van der Waals surface area (Å²) in [6, 6.07) is 12.5. The third kappa shape index (κ3) is 3.67. The van der Waals surface area contributed by atoms with Crippen molar-refractivity contribution in [3.63, 3.8) is 0 Å². The Morgan fingerprint density at radius 3 is 2.40 bits per heavy atom. The SMILES string of the molecule is O=C(NCc1ccc(CBr)cc1)c1cccc(Br)c1F. The molecule has 0 aromatic heterocycles. The summed E-state index contributed by atoms with van der Waals surface area (Å²) in [5.41, 5.74) is 2.17. The number of carbonyl (C=O) groups is 1. The van der Waals surface area contributed by atoms with E-state index in [0.29, 0.717) is 6.54 Å². The van der Waals surface area contributed by atoms with Gasteiger partial charge in [0.1, 0.15) is 5.82 Å². The van der Waals surface area contributed by atoms with Gasteiger partial charge in [0.05, 0.1) is 10.0 Å². The molecule has 0 radical (unpaired) electrons. The first-order valence-electron chi connectivity index (χ1n) is 5.98. The van der Waals surface area contributed by atoms with Crippen LogP contribution in [0.5, 0.6) is 0 Å². The van der Waals surface area contributed by atoms with Crippen LogP contribution in [0.4, 0.5) is 4.39 Å². The van der Waals surface area contributed by atoms with Crippen molar-refractivity contribution >= 4 is 37.8 Å². The van der Waals surface area contributed by atoms with Crippen LogP contribution in [0.2, 0.25) is 0 Å². The average molecular weight is 401 g/mol. The van der Waals surface area contributed by atoms with Gasteiger partial charge in [0.2, 0.25) is 0 Å². The van der Waals surface area contributed by atoms with Gasteiger partial charge < -0.3 is 5.32 Å². The molecule has 5 heteroatoms. The molecule has 0 heterocycles. The van der Waals surface area contributed by atoms with Gasteiger partial charge in [-0.15, -0.1) is 0 Å². The fourth-order valence-corrected chi connectivity index (χ4v) is 2.44. The van der Waals surface area contributed by atoms with E-state index in [0.717, 1.165) is 16.5 Å². The Balaban J connectivity index is 2.02. The number of halogens is 3. The van der Waals surface area contributed by atoms with Gasteiger partial charge in [-0.3, -0.25) is 4.79 Å². The Labute approximate surface area is 133 Å². The Hall–Kier alpha value is -1.20. The lowest BCUT2D eigenvalue weighted by atomic mass is 10.1. The molecule has 2 aromatic carbocycles. The molecular formula is C15H12Br2FNO. The third-order valence-electron chi connectivity index (χ3n) is 2.83. The second-order valence-corrected chi connectivity index (χ2v) is 5.65. The van der Waals surface area contributed by atoms with Crippen molar-refractivity contribution in [2.45, 2.75) is 11.9 Å². The zero-order chi connectivity index (χ0) is 14.5. The molecule has 2 aromatic rings. The van der Waals surface area contributed by atoms with Crippen LogP contribution in [0.3, 0.4) is 0 Å². The van der Waals surface area contributed by atoms with Crippen LogP contribution < -0.4 is 5.32 Å². The largest absolute Gasteiger partial charge is 0.348 e. The number of hydrogen-bond acceptors (Lipinski definition) is 1. The van der Waals surface area contributed by atoms with E-state index in [1.807, 2.05) is 24.3 Å². The van der Waals surface area contributed by atoms with Crippen molar-refractivity contribution in [1.29, 1.82) is 0 Å². The molecule has 2 rings (SSSR count). The number of benzene rings is 2. The van der Waals surface area contributed by atoms with Gasteiger partial charge in [0, 0.05) is 11.9 Å². The first kappa shape index (κ1) is 15.2. The van der Waals surface area contributed by atoms with E-state index in [1.54, 1.807) is 12.1 Å². The number of rotatable bonds is 4. The molecular weight excluding hydrogens is 389 g/mol. The zero-order valence-electron chi connectivity index (χ0n) is 10.5. The van der Waals surface area contributed by atoms with Gasteiger partial charge >= 0.3 is 0 Å². The summed E-state index contributed by atoms with van der Waals surface area (Å²) in [6.45, 7) is 0.368. The standard InChI is InChI=1S/C15H12Br2FNO/c16-8-10-4-6-11(7-5-10)9-19-15(20)12-2-1-3-13(17)14(12)18/h1-7H,8-9H2,(H,19,20). The normalized spacial score (nSPS) is 10.3. The van der Waals surface area contributed by atoms with Crippen molar-refractivity contribution in [2.24, 2.45) is 0 Å². The number of alkyl halides is 1. The van der Waals surface area contributed by atoms with E-state index in [1.165, 1.54) is 6.07 Å². The van der Waals surface area contributed by atoms with E-state index in [2.05, 4.69) is 37.2 Å². The Morgan fingerprint density at radius 2 is 1.75 bits per heavy atom. The summed E-state index contributed by atoms with van der Waals surface area (Å²) >= 11 is 6.44. The first-order chi connectivity index (χ1) is 9.61. The quantitative estimate of drug-likeness (QED) is 0.756. The number of amides is 1. The molecule has 0 saturated carbocycles. The lowest BCUT2D eigenvalue weighted by Crippen LogP contribution is -2.23. The maximum absolute atomic E-state index is 13.8. The maximum Gasteiger partial charge on any atom is 0.254 e. The van der Waals surface area contributed by atoms with Crippen LogP contribution in [-0.4, -0.2) is 5.91 Å². The maximum atomic E-state index is 13.8. The van der Waals surface area contributed by atoms with Crippen LogP contribution in [0.15, 0.2) is 46.9 Å². The van der Waals surface area contributed by atoms with Crippen LogP contribution in [0.25, 0.3) is 0 Å². The zero-order valence-corrected chi connectivity index (χ0v) is 13.7. The van der Waals surface area contributed by atoms with Crippen LogP contribution in [0, 0.1) is 5.82 Å². The average Bonchev–Trinajstić information content (AvgIpc) is 2.48. The summed E-state index contributed by atoms with van der Waals surface area (Å²) in [5.74, 6) is -0.965. The Bertz CT molecular complexity index is 614. The molecule has 20 heavy (non-hydrogen) atoms. The van der Waals surface area contributed by atoms with Gasteiger partial charge in [0.25, 0.3) is 5.91 Å². The van der Waals surface area contributed by atoms with Crippen LogP contribution in [0.1, 0.15) is 21.5 Å². The lowest BCUT2D eigenvalue weighted by Gasteiger charge is -2.07. The highest BCUT2D eigenvalue weighted by Gasteiger charge is 2.13.